The smallest absolute Gasteiger partial charge is 0.303 e. The average Bonchev–Trinajstić information content (AvgIpc) is 3.00. The average molecular weight is 421 g/mol. The highest BCUT2D eigenvalue weighted by molar-refractivity contribution is 5.66. The van der Waals surface area contributed by atoms with Gasteiger partial charge in [0.2, 0.25) is 6.29 Å². The number of carbonyl (C=O) groups is 1. The molecule has 0 spiro atoms. The lowest BCUT2D eigenvalue weighted by Gasteiger charge is -2.28. The fourth-order valence-electron chi connectivity index (χ4n) is 4.36. The Hall–Kier alpha value is -1.93. The molecule has 1 aromatic carbocycles. The molecule has 0 amide bonds. The van der Waals surface area contributed by atoms with E-state index in [1.165, 1.54) is 0 Å². The maximum absolute atomic E-state index is 10.6. The number of aliphatic carboxylic acids is 1. The van der Waals surface area contributed by atoms with E-state index in [-0.39, 0.29) is 18.3 Å². The second-order valence-corrected chi connectivity index (χ2v) is 8.24. The number of unbranched alkanes of at least 4 members (excludes halogenated alkanes) is 3. The number of aliphatic hydroxyl groups is 3. The predicted molar refractivity (Wildman–Crippen MR) is 110 cm³/mol. The zero-order valence-corrected chi connectivity index (χ0v) is 17.1. The fourth-order valence-corrected chi connectivity index (χ4v) is 4.36. The first-order valence-electron chi connectivity index (χ1n) is 10.8. The van der Waals surface area contributed by atoms with Crippen molar-refractivity contribution < 1.29 is 34.7 Å². The molecule has 1 unspecified atom stereocenters. The van der Waals surface area contributed by atoms with E-state index in [4.69, 9.17) is 14.6 Å². The molecule has 1 aromatic rings. The highest BCUT2D eigenvalue weighted by atomic mass is 16.7. The Balaban J connectivity index is 1.50. The van der Waals surface area contributed by atoms with Crippen LogP contribution in [0.1, 0.15) is 50.5 Å². The van der Waals surface area contributed by atoms with Gasteiger partial charge in [0.1, 0.15) is 11.9 Å². The van der Waals surface area contributed by atoms with Gasteiger partial charge in [0.15, 0.2) is 0 Å². The van der Waals surface area contributed by atoms with Crippen LogP contribution >= 0.6 is 0 Å². The van der Waals surface area contributed by atoms with Crippen molar-refractivity contribution in [2.45, 2.75) is 76.2 Å². The molecule has 0 aromatic heterocycles. The van der Waals surface area contributed by atoms with Crippen LogP contribution in [0.3, 0.4) is 0 Å². The van der Waals surface area contributed by atoms with Gasteiger partial charge in [-0.3, -0.25) is 4.79 Å². The van der Waals surface area contributed by atoms with Crippen molar-refractivity contribution in [2.75, 3.05) is 0 Å². The third-order valence-corrected chi connectivity index (χ3v) is 6.02. The van der Waals surface area contributed by atoms with Crippen LogP contribution in [0.4, 0.5) is 0 Å². The van der Waals surface area contributed by atoms with E-state index >= 15 is 0 Å². The van der Waals surface area contributed by atoms with Gasteiger partial charge in [0.05, 0.1) is 18.8 Å². The van der Waals surface area contributed by atoms with Gasteiger partial charge < -0.3 is 29.9 Å². The van der Waals surface area contributed by atoms with E-state index in [0.717, 1.165) is 31.2 Å². The van der Waals surface area contributed by atoms with E-state index in [1.54, 1.807) is 12.2 Å². The van der Waals surface area contributed by atoms with Gasteiger partial charge in [-0.1, -0.05) is 49.6 Å². The molecule has 0 radical (unpaired) electrons. The number of rotatable bonds is 10. The molecule has 1 saturated carbocycles. The summed E-state index contributed by atoms with van der Waals surface area (Å²) in [7, 11) is 0. The second kappa shape index (κ2) is 10.9. The molecule has 6 atom stereocenters. The van der Waals surface area contributed by atoms with Crippen LogP contribution in [-0.4, -0.2) is 51.0 Å². The SMILES string of the molecule is O=C(O)CCCCCC[C@@H]1[C@@H](/C=C/[C@@H](O)C2OCc3ccccc3O2)[C@H](O)C[C@@H]1O. The third kappa shape index (κ3) is 6.04. The number of ether oxygens (including phenoxy) is 2. The van der Waals surface area contributed by atoms with Crippen molar-refractivity contribution in [3.63, 3.8) is 0 Å². The van der Waals surface area contributed by atoms with Gasteiger partial charge in [0, 0.05) is 24.3 Å². The highest BCUT2D eigenvalue weighted by Crippen LogP contribution is 2.37. The lowest BCUT2D eigenvalue weighted by Crippen LogP contribution is -2.36. The van der Waals surface area contributed by atoms with Gasteiger partial charge >= 0.3 is 5.97 Å². The Kier molecular flexibility index (Phi) is 8.27. The molecule has 3 rings (SSSR count). The Bertz CT molecular complexity index is 719. The van der Waals surface area contributed by atoms with Crippen molar-refractivity contribution in [3.05, 3.63) is 42.0 Å². The molecule has 30 heavy (non-hydrogen) atoms. The molecule has 166 valence electrons. The third-order valence-electron chi connectivity index (χ3n) is 6.02. The Morgan fingerprint density at radius 2 is 1.90 bits per heavy atom. The van der Waals surface area contributed by atoms with Crippen molar-refractivity contribution in [2.24, 2.45) is 11.8 Å². The monoisotopic (exact) mass is 420 g/mol. The minimum Gasteiger partial charge on any atom is -0.481 e. The minimum absolute atomic E-state index is 0.0863. The van der Waals surface area contributed by atoms with E-state index in [1.807, 2.05) is 24.3 Å². The molecular formula is C23H32O7. The largest absolute Gasteiger partial charge is 0.481 e. The van der Waals surface area contributed by atoms with Crippen LogP contribution in [0, 0.1) is 11.8 Å². The number of benzene rings is 1. The quantitative estimate of drug-likeness (QED) is 0.340. The van der Waals surface area contributed by atoms with E-state index in [0.29, 0.717) is 25.2 Å². The van der Waals surface area contributed by atoms with Crippen LogP contribution in [0.25, 0.3) is 0 Å². The standard InChI is InChI=1S/C23H32O7/c24-18(23-29-14-15-7-5-6-9-21(15)30-23)12-11-17-16(19(25)13-20(17)26)8-3-1-2-4-10-22(27)28/h5-7,9,11-12,16-20,23-26H,1-4,8,10,13-14H2,(H,27,28)/b12-11+/t16-,17-,18-,19+,20-,23?/m1/s1. The Morgan fingerprint density at radius 3 is 2.70 bits per heavy atom. The molecule has 7 nitrogen and oxygen atoms in total. The normalized spacial score (nSPS) is 29.5. The Labute approximate surface area is 176 Å². The molecule has 4 N–H and O–H groups in total. The van der Waals surface area contributed by atoms with Crippen LogP contribution < -0.4 is 4.74 Å². The van der Waals surface area contributed by atoms with Crippen molar-refractivity contribution in [1.29, 1.82) is 0 Å². The molecular weight excluding hydrogens is 388 g/mol. The van der Waals surface area contributed by atoms with Gasteiger partial charge in [-0.2, -0.15) is 0 Å². The highest BCUT2D eigenvalue weighted by Gasteiger charge is 2.40. The van der Waals surface area contributed by atoms with Crippen LogP contribution in [0.2, 0.25) is 0 Å². The molecule has 1 aliphatic carbocycles. The summed E-state index contributed by atoms with van der Waals surface area (Å²) in [5, 5.41) is 39.9. The predicted octanol–water partition coefficient (Wildman–Crippen LogP) is 2.62. The number of hydrogen-bond acceptors (Lipinski definition) is 6. The number of carboxylic acid groups (broad SMARTS) is 1. The topological polar surface area (TPSA) is 116 Å². The molecule has 1 fully saturated rings. The van der Waals surface area contributed by atoms with E-state index < -0.39 is 30.6 Å². The second-order valence-electron chi connectivity index (χ2n) is 8.24. The first kappa shape index (κ1) is 22.7. The van der Waals surface area contributed by atoms with Crippen LogP contribution in [0.15, 0.2) is 36.4 Å². The van der Waals surface area contributed by atoms with Crippen molar-refractivity contribution in [3.8, 4) is 5.75 Å². The van der Waals surface area contributed by atoms with E-state index in [9.17, 15) is 20.1 Å². The maximum Gasteiger partial charge on any atom is 0.303 e. The van der Waals surface area contributed by atoms with Crippen molar-refractivity contribution >= 4 is 5.97 Å². The molecule has 0 saturated heterocycles. The zero-order valence-electron chi connectivity index (χ0n) is 17.1. The summed E-state index contributed by atoms with van der Waals surface area (Å²) < 4.78 is 11.3. The van der Waals surface area contributed by atoms with Crippen LogP contribution in [0.5, 0.6) is 5.75 Å². The number of carboxylic acids is 1. The number of hydrogen-bond donors (Lipinski definition) is 4. The van der Waals surface area contributed by atoms with Gasteiger partial charge in [-0.15, -0.1) is 0 Å². The molecule has 1 heterocycles. The minimum atomic E-state index is -0.986. The number of para-hydroxylation sites is 1. The molecule has 0 bridgehead atoms. The maximum atomic E-state index is 10.6. The summed E-state index contributed by atoms with van der Waals surface area (Å²) in [6.07, 6.45) is 4.84. The lowest BCUT2D eigenvalue weighted by molar-refractivity contribution is -0.152. The molecule has 7 heteroatoms. The summed E-state index contributed by atoms with van der Waals surface area (Å²) >= 11 is 0. The van der Waals surface area contributed by atoms with Gasteiger partial charge in [0.25, 0.3) is 0 Å². The molecule has 2 aliphatic rings. The number of aliphatic hydroxyl groups excluding tert-OH is 3. The summed E-state index contributed by atoms with van der Waals surface area (Å²) in [6, 6.07) is 7.52. The fraction of sp³-hybridized carbons (Fsp3) is 0.609. The first-order chi connectivity index (χ1) is 14.5. The van der Waals surface area contributed by atoms with E-state index in [2.05, 4.69) is 0 Å². The lowest BCUT2D eigenvalue weighted by atomic mass is 9.88. The van der Waals surface area contributed by atoms with Gasteiger partial charge in [-0.05, 0) is 24.8 Å². The number of fused-ring (bicyclic) bond motifs is 1. The zero-order chi connectivity index (χ0) is 21.5. The summed E-state index contributed by atoms with van der Waals surface area (Å²) in [5.74, 6) is -0.415. The Morgan fingerprint density at radius 1 is 1.13 bits per heavy atom. The first-order valence-corrected chi connectivity index (χ1v) is 10.8. The summed E-state index contributed by atoms with van der Waals surface area (Å²) in [4.78, 5) is 10.6. The van der Waals surface area contributed by atoms with Crippen LogP contribution in [-0.2, 0) is 16.1 Å². The summed E-state index contributed by atoms with van der Waals surface area (Å²) in [6.45, 7) is 0.362. The van der Waals surface area contributed by atoms with Gasteiger partial charge in [-0.25, -0.2) is 0 Å². The molecule has 1 aliphatic heterocycles. The summed E-state index contributed by atoms with van der Waals surface area (Å²) in [5.41, 5.74) is 0.933. The van der Waals surface area contributed by atoms with Crippen molar-refractivity contribution in [1.82, 2.24) is 0 Å².